The average molecular weight is 402 g/mol. The third-order valence-corrected chi connectivity index (χ3v) is 4.66. The van der Waals surface area contributed by atoms with Crippen molar-refractivity contribution in [2.24, 2.45) is 0 Å². The lowest BCUT2D eigenvalue weighted by Crippen LogP contribution is -2.23. The highest BCUT2D eigenvalue weighted by Gasteiger charge is 2.15. The van der Waals surface area contributed by atoms with Crippen LogP contribution in [0.2, 0.25) is 0 Å². The molecule has 0 radical (unpaired) electrons. The van der Waals surface area contributed by atoms with E-state index in [1.165, 1.54) is 24.3 Å². The number of carboxylic acids is 1. The molecule has 0 saturated heterocycles. The Morgan fingerprint density at radius 2 is 1.63 bits per heavy atom. The van der Waals surface area contributed by atoms with Crippen LogP contribution in [-0.2, 0) is 4.79 Å². The van der Waals surface area contributed by atoms with E-state index in [2.05, 4.69) is 10.6 Å². The van der Waals surface area contributed by atoms with E-state index in [-0.39, 0.29) is 22.7 Å². The van der Waals surface area contributed by atoms with E-state index in [0.717, 1.165) is 21.9 Å². The third kappa shape index (κ3) is 4.72. The molecule has 3 aromatic carbocycles. The molecule has 6 heteroatoms. The minimum Gasteiger partial charge on any atom is -0.478 e. The molecule has 0 fully saturated rings. The molecule has 152 valence electrons. The molecule has 2 amide bonds. The largest absolute Gasteiger partial charge is 0.478 e. The molecule has 0 aromatic heterocycles. The summed E-state index contributed by atoms with van der Waals surface area (Å²) < 4.78 is 0. The maximum atomic E-state index is 12.6. The summed E-state index contributed by atoms with van der Waals surface area (Å²) in [6.07, 6.45) is 1.41. The van der Waals surface area contributed by atoms with Crippen molar-refractivity contribution in [2.75, 3.05) is 11.9 Å². The summed E-state index contributed by atoms with van der Waals surface area (Å²) in [4.78, 5) is 36.1. The molecule has 30 heavy (non-hydrogen) atoms. The Hall–Kier alpha value is -3.93. The standard InChI is InChI=1S/C24H22N2O4/c1-3-25-23(28)19-10-11-20(24(29)30)21(14-19)26-22(27)12-15(2)17-9-8-16-6-4-5-7-18(16)13-17/h4-14H,3H2,1-2H3,(H,25,28)(H,26,27)(H,29,30). The summed E-state index contributed by atoms with van der Waals surface area (Å²) >= 11 is 0. The van der Waals surface area contributed by atoms with Crippen molar-refractivity contribution in [3.63, 3.8) is 0 Å². The van der Waals surface area contributed by atoms with Gasteiger partial charge in [0.2, 0.25) is 5.91 Å². The number of amides is 2. The molecule has 0 atom stereocenters. The minimum atomic E-state index is -1.19. The molecule has 3 aromatic rings. The quantitative estimate of drug-likeness (QED) is 0.535. The summed E-state index contributed by atoms with van der Waals surface area (Å²) in [6, 6.07) is 17.9. The maximum Gasteiger partial charge on any atom is 0.337 e. The fraction of sp³-hybridized carbons (Fsp3) is 0.125. The normalized spacial score (nSPS) is 11.2. The van der Waals surface area contributed by atoms with Gasteiger partial charge in [0.1, 0.15) is 0 Å². The van der Waals surface area contributed by atoms with Crippen LogP contribution in [0.4, 0.5) is 5.69 Å². The van der Waals surface area contributed by atoms with Crippen LogP contribution in [0.25, 0.3) is 16.3 Å². The average Bonchev–Trinajstić information content (AvgIpc) is 2.73. The van der Waals surface area contributed by atoms with Gasteiger partial charge in [0.15, 0.2) is 0 Å². The number of aromatic carboxylic acids is 1. The Balaban J connectivity index is 1.87. The first kappa shape index (κ1) is 20.8. The number of nitrogens with one attached hydrogen (secondary N) is 2. The monoisotopic (exact) mass is 402 g/mol. The molecule has 0 aliphatic rings. The highest BCUT2D eigenvalue weighted by atomic mass is 16.4. The van der Waals surface area contributed by atoms with Gasteiger partial charge in [-0.05, 0) is 60.0 Å². The molecule has 6 nitrogen and oxygen atoms in total. The van der Waals surface area contributed by atoms with E-state index < -0.39 is 11.9 Å². The summed E-state index contributed by atoms with van der Waals surface area (Å²) in [5.74, 6) is -2.01. The molecular weight excluding hydrogens is 380 g/mol. The molecule has 0 bridgehead atoms. The van der Waals surface area contributed by atoms with Gasteiger partial charge in [-0.25, -0.2) is 4.79 Å². The van der Waals surface area contributed by atoms with Gasteiger partial charge in [0.05, 0.1) is 11.3 Å². The molecule has 0 aliphatic heterocycles. The van der Waals surface area contributed by atoms with Gasteiger partial charge in [-0.2, -0.15) is 0 Å². The van der Waals surface area contributed by atoms with Crippen LogP contribution in [0.3, 0.4) is 0 Å². The zero-order valence-corrected chi connectivity index (χ0v) is 16.7. The fourth-order valence-corrected chi connectivity index (χ4v) is 3.12. The number of carboxylic acid groups (broad SMARTS) is 1. The van der Waals surface area contributed by atoms with Crippen molar-refractivity contribution in [3.8, 4) is 0 Å². The Morgan fingerprint density at radius 3 is 2.33 bits per heavy atom. The van der Waals surface area contributed by atoms with Crippen LogP contribution in [-0.4, -0.2) is 29.4 Å². The number of carbonyl (C=O) groups excluding carboxylic acids is 2. The van der Waals surface area contributed by atoms with E-state index in [4.69, 9.17) is 0 Å². The third-order valence-electron chi connectivity index (χ3n) is 4.66. The summed E-state index contributed by atoms with van der Waals surface area (Å²) in [6.45, 7) is 4.04. The van der Waals surface area contributed by atoms with Gasteiger partial charge < -0.3 is 15.7 Å². The Morgan fingerprint density at radius 1 is 0.933 bits per heavy atom. The first-order valence-corrected chi connectivity index (χ1v) is 9.53. The van der Waals surface area contributed by atoms with Gasteiger partial charge in [0, 0.05) is 18.2 Å². The molecule has 3 rings (SSSR count). The zero-order chi connectivity index (χ0) is 21.7. The fourth-order valence-electron chi connectivity index (χ4n) is 3.12. The number of fused-ring (bicyclic) bond motifs is 1. The van der Waals surface area contributed by atoms with Crippen LogP contribution in [0.5, 0.6) is 0 Å². The van der Waals surface area contributed by atoms with E-state index in [9.17, 15) is 19.5 Å². The van der Waals surface area contributed by atoms with Crippen LogP contribution in [0, 0.1) is 0 Å². The van der Waals surface area contributed by atoms with Crippen LogP contribution in [0.1, 0.15) is 40.1 Å². The second-order valence-electron chi connectivity index (χ2n) is 6.80. The van der Waals surface area contributed by atoms with Crippen molar-refractivity contribution in [1.82, 2.24) is 5.32 Å². The van der Waals surface area contributed by atoms with Gasteiger partial charge in [0.25, 0.3) is 5.91 Å². The number of hydrogen-bond acceptors (Lipinski definition) is 3. The topological polar surface area (TPSA) is 95.5 Å². The molecule has 0 heterocycles. The van der Waals surface area contributed by atoms with Gasteiger partial charge >= 0.3 is 5.97 Å². The van der Waals surface area contributed by atoms with E-state index in [1.54, 1.807) is 6.92 Å². The van der Waals surface area contributed by atoms with Crippen molar-refractivity contribution < 1.29 is 19.5 Å². The zero-order valence-electron chi connectivity index (χ0n) is 16.7. The Kier molecular flexibility index (Phi) is 6.27. The van der Waals surface area contributed by atoms with E-state index in [1.807, 2.05) is 49.4 Å². The van der Waals surface area contributed by atoms with Crippen LogP contribution < -0.4 is 10.6 Å². The first-order valence-electron chi connectivity index (χ1n) is 9.53. The van der Waals surface area contributed by atoms with Crippen molar-refractivity contribution in [3.05, 3.63) is 83.4 Å². The molecule has 3 N–H and O–H groups in total. The van der Waals surface area contributed by atoms with Crippen molar-refractivity contribution in [1.29, 1.82) is 0 Å². The van der Waals surface area contributed by atoms with Gasteiger partial charge in [-0.3, -0.25) is 9.59 Å². The molecule has 0 unspecified atom stereocenters. The highest BCUT2D eigenvalue weighted by Crippen LogP contribution is 2.22. The molecular formula is C24H22N2O4. The predicted molar refractivity (Wildman–Crippen MR) is 118 cm³/mol. The number of benzene rings is 3. The number of carbonyl (C=O) groups is 3. The number of hydrogen-bond donors (Lipinski definition) is 3. The summed E-state index contributed by atoms with van der Waals surface area (Å²) in [5.41, 5.74) is 1.87. The van der Waals surface area contributed by atoms with Gasteiger partial charge in [-0.15, -0.1) is 0 Å². The minimum absolute atomic E-state index is 0.0683. The number of rotatable bonds is 6. The lowest BCUT2D eigenvalue weighted by Gasteiger charge is -2.10. The maximum absolute atomic E-state index is 12.6. The van der Waals surface area contributed by atoms with E-state index >= 15 is 0 Å². The van der Waals surface area contributed by atoms with Crippen molar-refractivity contribution in [2.45, 2.75) is 13.8 Å². The number of allylic oxidation sites excluding steroid dienone is 1. The summed E-state index contributed by atoms with van der Waals surface area (Å²) in [5, 5.41) is 16.8. The molecule has 0 spiro atoms. The Bertz CT molecular complexity index is 1160. The second-order valence-corrected chi connectivity index (χ2v) is 6.80. The highest BCUT2D eigenvalue weighted by molar-refractivity contribution is 6.08. The number of anilines is 1. The van der Waals surface area contributed by atoms with Crippen molar-refractivity contribution >= 4 is 39.8 Å². The summed E-state index contributed by atoms with van der Waals surface area (Å²) in [7, 11) is 0. The van der Waals surface area contributed by atoms with Crippen LogP contribution >= 0.6 is 0 Å². The van der Waals surface area contributed by atoms with Gasteiger partial charge in [-0.1, -0.05) is 36.4 Å². The Labute approximate surface area is 174 Å². The van der Waals surface area contributed by atoms with Crippen LogP contribution in [0.15, 0.2) is 66.7 Å². The lowest BCUT2D eigenvalue weighted by molar-refractivity contribution is -0.111. The molecule has 0 aliphatic carbocycles. The van der Waals surface area contributed by atoms with E-state index in [0.29, 0.717) is 6.54 Å². The first-order chi connectivity index (χ1) is 14.4. The smallest absolute Gasteiger partial charge is 0.337 e. The lowest BCUT2D eigenvalue weighted by atomic mass is 10.0. The predicted octanol–water partition coefficient (Wildman–Crippen LogP) is 4.33. The second kappa shape index (κ2) is 9.05. The SMILES string of the molecule is CCNC(=O)c1ccc(C(=O)O)c(NC(=O)C=C(C)c2ccc3ccccc3c2)c1. The molecule has 0 saturated carbocycles.